The Morgan fingerprint density at radius 1 is 1.32 bits per heavy atom. The number of anilines is 1. The van der Waals surface area contributed by atoms with Crippen LogP contribution in [0.4, 0.5) is 5.69 Å². The highest BCUT2D eigenvalue weighted by Crippen LogP contribution is 2.20. The monoisotopic (exact) mass is 359 g/mol. The van der Waals surface area contributed by atoms with Crippen LogP contribution < -0.4 is 5.32 Å². The maximum Gasteiger partial charge on any atom is 0.234 e. The third-order valence-corrected chi connectivity index (χ3v) is 4.31. The number of hydrogen-bond donors (Lipinski definition) is 1. The third-order valence-electron chi connectivity index (χ3n) is 3.38. The van der Waals surface area contributed by atoms with Crippen LogP contribution in [0.3, 0.4) is 0 Å². The number of thioether (sulfide) groups is 1. The van der Waals surface area contributed by atoms with Crippen LogP contribution in [0.1, 0.15) is 23.1 Å². The predicted molar refractivity (Wildman–Crippen MR) is 92.5 cm³/mol. The summed E-state index contributed by atoms with van der Waals surface area (Å²) in [6.45, 7) is 5.51. The smallest absolute Gasteiger partial charge is 0.234 e. The third kappa shape index (κ3) is 4.21. The molecule has 0 bridgehead atoms. The van der Waals surface area contributed by atoms with Gasteiger partial charge in [-0.2, -0.15) is 9.67 Å². The first-order valence-corrected chi connectivity index (χ1v) is 8.71. The van der Waals surface area contributed by atoms with E-state index in [9.17, 15) is 4.79 Å². The van der Waals surface area contributed by atoms with Crippen molar-refractivity contribution >= 4 is 23.4 Å². The molecule has 0 radical (unpaired) electrons. The molecule has 0 fully saturated rings. The molecule has 1 amide bonds. The van der Waals surface area contributed by atoms with E-state index >= 15 is 0 Å². The minimum Gasteiger partial charge on any atom is -0.340 e. The lowest BCUT2D eigenvalue weighted by molar-refractivity contribution is -0.113. The number of aryl methyl sites for hydroxylation is 3. The summed E-state index contributed by atoms with van der Waals surface area (Å²) in [4.78, 5) is 16.2. The van der Waals surface area contributed by atoms with Crippen LogP contribution in [0.25, 0.3) is 5.69 Å². The number of tetrazole rings is 1. The maximum atomic E-state index is 12.1. The number of nitrogens with one attached hydrogen (secondary N) is 1. The molecule has 0 spiro atoms. The van der Waals surface area contributed by atoms with Gasteiger partial charge in [-0.15, -0.1) is 16.9 Å². The van der Waals surface area contributed by atoms with Crippen LogP contribution in [0.15, 0.2) is 22.7 Å². The molecule has 0 saturated heterocycles. The van der Waals surface area contributed by atoms with Crippen molar-refractivity contribution in [2.45, 2.75) is 26.5 Å². The number of nitrogens with zero attached hydrogens (tertiary/aromatic N) is 6. The number of amides is 1. The fraction of sp³-hybridized carbons (Fsp3) is 0.333. The fourth-order valence-electron chi connectivity index (χ4n) is 2.20. The second kappa shape index (κ2) is 7.43. The standard InChI is InChI=1S/C15H17N7O2S/c1-9-4-5-12(6-13(9)22-10(2)18-20-21-22)17-15(23)8-25-7-14-16-11(3)24-19-14/h4-6H,7-8H2,1-3H3,(H,17,23). The molecule has 0 aliphatic carbocycles. The van der Waals surface area contributed by atoms with Crippen LogP contribution >= 0.6 is 11.8 Å². The summed E-state index contributed by atoms with van der Waals surface area (Å²) < 4.78 is 6.53. The van der Waals surface area contributed by atoms with Crippen LogP contribution in [0.2, 0.25) is 0 Å². The number of rotatable bonds is 6. The van der Waals surface area contributed by atoms with Gasteiger partial charge in [0, 0.05) is 12.6 Å². The zero-order valence-electron chi connectivity index (χ0n) is 14.1. The molecule has 1 N–H and O–H groups in total. The Morgan fingerprint density at radius 2 is 2.16 bits per heavy atom. The van der Waals surface area contributed by atoms with Gasteiger partial charge in [0.2, 0.25) is 11.8 Å². The van der Waals surface area contributed by atoms with Gasteiger partial charge in [-0.05, 0) is 42.0 Å². The molecule has 2 heterocycles. The van der Waals surface area contributed by atoms with Crippen LogP contribution in [-0.2, 0) is 10.5 Å². The molecule has 3 aromatic rings. The molecule has 3 rings (SSSR count). The molecule has 0 atom stereocenters. The first kappa shape index (κ1) is 17.1. The minimum atomic E-state index is -0.103. The summed E-state index contributed by atoms with van der Waals surface area (Å²) in [6.07, 6.45) is 0. The second-order valence-electron chi connectivity index (χ2n) is 5.41. The zero-order valence-corrected chi connectivity index (χ0v) is 14.9. The number of hydrogen-bond acceptors (Lipinski definition) is 8. The Labute approximate surface area is 148 Å². The molecule has 130 valence electrons. The van der Waals surface area contributed by atoms with E-state index in [1.807, 2.05) is 32.0 Å². The minimum absolute atomic E-state index is 0.103. The van der Waals surface area contributed by atoms with Gasteiger partial charge in [0.05, 0.1) is 17.2 Å². The van der Waals surface area contributed by atoms with Gasteiger partial charge in [-0.3, -0.25) is 4.79 Å². The van der Waals surface area contributed by atoms with Crippen molar-refractivity contribution in [3.63, 3.8) is 0 Å². The van der Waals surface area contributed by atoms with E-state index in [0.717, 1.165) is 11.3 Å². The average molecular weight is 359 g/mol. The zero-order chi connectivity index (χ0) is 17.8. The van der Waals surface area contributed by atoms with E-state index in [1.54, 1.807) is 11.6 Å². The van der Waals surface area contributed by atoms with Gasteiger partial charge in [-0.25, -0.2) is 0 Å². The highest BCUT2D eigenvalue weighted by molar-refractivity contribution is 7.99. The van der Waals surface area contributed by atoms with Gasteiger partial charge in [0.1, 0.15) is 0 Å². The molecule has 10 heteroatoms. The van der Waals surface area contributed by atoms with Gasteiger partial charge in [0.25, 0.3) is 0 Å². The SMILES string of the molecule is Cc1nc(CSCC(=O)Nc2ccc(C)c(-n3nnnc3C)c2)no1. The Balaban J connectivity index is 1.60. The normalized spacial score (nSPS) is 10.8. The summed E-state index contributed by atoms with van der Waals surface area (Å²) in [6, 6.07) is 5.62. The number of carbonyl (C=O) groups is 1. The predicted octanol–water partition coefficient (Wildman–Crippen LogP) is 1.84. The van der Waals surface area contributed by atoms with Gasteiger partial charge >= 0.3 is 0 Å². The maximum absolute atomic E-state index is 12.1. The van der Waals surface area contributed by atoms with E-state index in [-0.39, 0.29) is 5.91 Å². The van der Waals surface area contributed by atoms with E-state index < -0.39 is 0 Å². The number of aromatic nitrogens is 6. The van der Waals surface area contributed by atoms with Gasteiger partial charge in [-0.1, -0.05) is 11.2 Å². The van der Waals surface area contributed by atoms with Crippen molar-refractivity contribution in [1.29, 1.82) is 0 Å². The first-order chi connectivity index (χ1) is 12.0. The molecule has 1 aromatic carbocycles. The highest BCUT2D eigenvalue weighted by atomic mass is 32.2. The molecule has 25 heavy (non-hydrogen) atoms. The lowest BCUT2D eigenvalue weighted by Crippen LogP contribution is -2.15. The Hall–Kier alpha value is -2.75. The number of benzene rings is 1. The Bertz CT molecular complexity index is 890. The van der Waals surface area contributed by atoms with Gasteiger partial charge < -0.3 is 9.84 Å². The Morgan fingerprint density at radius 3 is 2.84 bits per heavy atom. The van der Waals surface area contributed by atoms with E-state index in [0.29, 0.717) is 34.7 Å². The van der Waals surface area contributed by atoms with Crippen molar-refractivity contribution in [2.24, 2.45) is 0 Å². The van der Waals surface area contributed by atoms with Crippen molar-refractivity contribution in [2.75, 3.05) is 11.1 Å². The summed E-state index contributed by atoms with van der Waals surface area (Å²) in [5.41, 5.74) is 2.53. The average Bonchev–Trinajstić information content (AvgIpc) is 3.18. The summed E-state index contributed by atoms with van der Waals surface area (Å²) >= 11 is 1.42. The largest absolute Gasteiger partial charge is 0.340 e. The summed E-state index contributed by atoms with van der Waals surface area (Å²) in [7, 11) is 0. The van der Waals surface area contributed by atoms with Crippen LogP contribution in [0.5, 0.6) is 0 Å². The van der Waals surface area contributed by atoms with Crippen LogP contribution in [-0.4, -0.2) is 42.0 Å². The quantitative estimate of drug-likeness (QED) is 0.709. The Kier molecular flexibility index (Phi) is 5.08. The highest BCUT2D eigenvalue weighted by Gasteiger charge is 2.10. The molecule has 0 aliphatic heterocycles. The van der Waals surface area contributed by atoms with Gasteiger partial charge in [0.15, 0.2) is 11.6 Å². The molecular formula is C15H17N7O2S. The summed E-state index contributed by atoms with van der Waals surface area (Å²) in [5.74, 6) is 2.49. The lowest BCUT2D eigenvalue weighted by atomic mass is 10.2. The summed E-state index contributed by atoms with van der Waals surface area (Å²) in [5, 5.41) is 18.2. The van der Waals surface area contributed by atoms with E-state index in [1.165, 1.54) is 11.8 Å². The van der Waals surface area contributed by atoms with Crippen LogP contribution in [0, 0.1) is 20.8 Å². The first-order valence-electron chi connectivity index (χ1n) is 7.55. The van der Waals surface area contributed by atoms with Crippen molar-refractivity contribution < 1.29 is 9.32 Å². The molecular weight excluding hydrogens is 342 g/mol. The van der Waals surface area contributed by atoms with Crippen molar-refractivity contribution in [1.82, 2.24) is 30.3 Å². The molecule has 0 aliphatic rings. The molecule has 2 aromatic heterocycles. The molecule has 0 unspecified atom stereocenters. The van der Waals surface area contributed by atoms with E-state index in [2.05, 4.69) is 31.0 Å². The number of carbonyl (C=O) groups excluding carboxylic acids is 1. The fourth-order valence-corrected chi connectivity index (χ4v) is 2.86. The molecule has 0 saturated carbocycles. The molecule has 9 nitrogen and oxygen atoms in total. The topological polar surface area (TPSA) is 112 Å². The van der Waals surface area contributed by atoms with Crippen molar-refractivity contribution in [3.05, 3.63) is 41.3 Å². The van der Waals surface area contributed by atoms with E-state index in [4.69, 9.17) is 4.52 Å². The lowest BCUT2D eigenvalue weighted by Gasteiger charge is -2.10. The van der Waals surface area contributed by atoms with Crippen molar-refractivity contribution in [3.8, 4) is 5.69 Å². The second-order valence-corrected chi connectivity index (χ2v) is 6.40.